The average molecular weight is 306 g/mol. The van der Waals surface area contributed by atoms with Crippen LogP contribution in [0.15, 0.2) is 0 Å². The fraction of sp³-hybridized carbons (Fsp3) is 0.667. The minimum absolute atomic E-state index is 0.0904. The Morgan fingerprint density at radius 3 is 2.68 bits per heavy atom. The number of nitrogens with one attached hydrogen (secondary N) is 1. The van der Waals surface area contributed by atoms with Gasteiger partial charge in [0.1, 0.15) is 0 Å². The Labute approximate surface area is 122 Å². The summed E-state index contributed by atoms with van der Waals surface area (Å²) in [5, 5.41) is 4.04. The second-order valence-electron chi connectivity index (χ2n) is 5.39. The van der Waals surface area contributed by atoms with Gasteiger partial charge in [-0.15, -0.1) is 0 Å². The van der Waals surface area contributed by atoms with Gasteiger partial charge in [-0.3, -0.25) is 0 Å². The van der Waals surface area contributed by atoms with Gasteiger partial charge in [0.15, 0.2) is 15.2 Å². The van der Waals surface area contributed by atoms with E-state index < -0.39 is 5.97 Å². The molecule has 19 heavy (non-hydrogen) atoms. The van der Waals surface area contributed by atoms with E-state index in [-0.39, 0.29) is 10.6 Å². The minimum Gasteiger partial charge on any atom is -0.465 e. The highest BCUT2D eigenvalue weighted by Crippen LogP contribution is 2.28. The van der Waals surface area contributed by atoms with Gasteiger partial charge in [0.2, 0.25) is 0 Å². The lowest BCUT2D eigenvalue weighted by Gasteiger charge is -2.28. The van der Waals surface area contributed by atoms with Crippen molar-refractivity contribution in [3.63, 3.8) is 0 Å². The van der Waals surface area contributed by atoms with Crippen molar-refractivity contribution in [3.05, 3.63) is 10.0 Å². The van der Waals surface area contributed by atoms with Gasteiger partial charge in [-0.25, -0.2) is 9.78 Å². The molecule has 0 aromatic carbocycles. The van der Waals surface area contributed by atoms with Crippen molar-refractivity contribution < 1.29 is 9.53 Å². The molecular weight excluding hydrogens is 286 g/mol. The second kappa shape index (κ2) is 6.54. The van der Waals surface area contributed by atoms with Crippen LogP contribution >= 0.6 is 22.9 Å². The Morgan fingerprint density at radius 1 is 1.53 bits per heavy atom. The molecule has 0 bridgehead atoms. The van der Waals surface area contributed by atoms with Crippen molar-refractivity contribution in [2.24, 2.45) is 5.41 Å². The first-order valence-corrected chi connectivity index (χ1v) is 7.08. The van der Waals surface area contributed by atoms with Gasteiger partial charge in [0.25, 0.3) is 0 Å². The molecule has 1 rings (SSSR count). The molecule has 1 heterocycles. The molecule has 0 saturated carbocycles. The summed E-state index contributed by atoms with van der Waals surface area (Å²) < 4.78 is 4.64. The number of methoxy groups -OCH3 is 1. The number of halogens is 1. The predicted molar refractivity (Wildman–Crippen MR) is 79.3 cm³/mol. The molecule has 0 fully saturated rings. The predicted octanol–water partition coefficient (Wildman–Crippen LogP) is 2.58. The van der Waals surface area contributed by atoms with Crippen LogP contribution < -0.4 is 5.32 Å². The van der Waals surface area contributed by atoms with Gasteiger partial charge in [0, 0.05) is 13.1 Å². The maximum atomic E-state index is 11.4. The van der Waals surface area contributed by atoms with Crippen LogP contribution in [0, 0.1) is 5.41 Å². The maximum Gasteiger partial charge on any atom is 0.351 e. The lowest BCUT2D eigenvalue weighted by molar-refractivity contribution is 0.0606. The molecule has 7 heteroatoms. The van der Waals surface area contributed by atoms with Crippen molar-refractivity contribution in [1.29, 1.82) is 0 Å². The van der Waals surface area contributed by atoms with E-state index in [1.165, 1.54) is 18.4 Å². The monoisotopic (exact) mass is 305 g/mol. The zero-order chi connectivity index (χ0) is 14.6. The molecule has 1 aromatic heterocycles. The molecule has 0 aliphatic heterocycles. The van der Waals surface area contributed by atoms with Crippen molar-refractivity contribution in [3.8, 4) is 0 Å². The van der Waals surface area contributed by atoms with Crippen LogP contribution in [-0.2, 0) is 4.74 Å². The van der Waals surface area contributed by atoms with E-state index in [9.17, 15) is 4.79 Å². The summed E-state index contributed by atoms with van der Waals surface area (Å²) in [5.41, 5.74) is 0.0904. The average Bonchev–Trinajstić information content (AvgIpc) is 2.65. The third kappa shape index (κ3) is 4.97. The highest BCUT2D eigenvalue weighted by molar-refractivity contribution is 7.18. The summed E-state index contributed by atoms with van der Waals surface area (Å²) in [6.07, 6.45) is 0. The van der Waals surface area contributed by atoms with Gasteiger partial charge >= 0.3 is 5.97 Å². The summed E-state index contributed by atoms with van der Waals surface area (Å²) in [4.78, 5) is 18.0. The molecule has 0 spiro atoms. The fourth-order valence-electron chi connectivity index (χ4n) is 1.82. The van der Waals surface area contributed by atoms with E-state index in [2.05, 4.69) is 33.8 Å². The van der Waals surface area contributed by atoms with Gasteiger partial charge in [0.05, 0.1) is 7.11 Å². The summed E-state index contributed by atoms with van der Waals surface area (Å²) in [5.74, 6) is -0.455. The van der Waals surface area contributed by atoms with Crippen LogP contribution in [0.2, 0.25) is 5.15 Å². The Balaban J connectivity index is 2.66. The third-order valence-electron chi connectivity index (χ3n) is 2.42. The van der Waals surface area contributed by atoms with Gasteiger partial charge in [-0.05, 0) is 19.5 Å². The summed E-state index contributed by atoms with van der Waals surface area (Å²) in [7, 11) is 5.40. The van der Waals surface area contributed by atoms with Crippen LogP contribution in [-0.4, -0.2) is 50.1 Å². The number of esters is 1. The van der Waals surface area contributed by atoms with E-state index in [1.807, 2.05) is 14.1 Å². The molecule has 0 unspecified atom stereocenters. The standard InChI is InChI=1S/C12H20ClN3O2S/c1-12(2,7-16(3)4)6-14-11-15-9(13)8(19-11)10(17)18-5/h6-7H2,1-5H3,(H,14,15). The molecule has 0 aliphatic rings. The van der Waals surface area contributed by atoms with Crippen molar-refractivity contribution >= 4 is 34.0 Å². The third-order valence-corrected chi connectivity index (χ3v) is 3.80. The number of hydrogen-bond acceptors (Lipinski definition) is 6. The largest absolute Gasteiger partial charge is 0.465 e. The number of aromatic nitrogens is 1. The molecule has 0 atom stereocenters. The molecule has 1 N–H and O–H groups in total. The molecular formula is C12H20ClN3O2S. The van der Waals surface area contributed by atoms with E-state index in [0.29, 0.717) is 10.0 Å². The Kier molecular flexibility index (Phi) is 5.58. The Bertz CT molecular complexity index is 446. The lowest BCUT2D eigenvalue weighted by Crippen LogP contribution is -2.34. The molecule has 1 aromatic rings. The van der Waals surface area contributed by atoms with E-state index in [0.717, 1.165) is 13.1 Å². The van der Waals surface area contributed by atoms with Crippen molar-refractivity contribution in [1.82, 2.24) is 9.88 Å². The van der Waals surface area contributed by atoms with Crippen LogP contribution in [0.25, 0.3) is 0 Å². The normalized spacial score (nSPS) is 11.7. The van der Waals surface area contributed by atoms with Crippen molar-refractivity contribution in [2.45, 2.75) is 13.8 Å². The van der Waals surface area contributed by atoms with Crippen LogP contribution in [0.1, 0.15) is 23.5 Å². The van der Waals surface area contributed by atoms with Gasteiger partial charge in [-0.1, -0.05) is 36.8 Å². The van der Waals surface area contributed by atoms with Gasteiger partial charge < -0.3 is 15.0 Å². The van der Waals surface area contributed by atoms with E-state index in [1.54, 1.807) is 0 Å². The van der Waals surface area contributed by atoms with E-state index >= 15 is 0 Å². The van der Waals surface area contributed by atoms with Crippen LogP contribution in [0.5, 0.6) is 0 Å². The minimum atomic E-state index is -0.455. The zero-order valence-corrected chi connectivity index (χ0v) is 13.5. The molecule has 0 aliphatic carbocycles. The van der Waals surface area contributed by atoms with Crippen LogP contribution in [0.3, 0.4) is 0 Å². The van der Waals surface area contributed by atoms with Crippen LogP contribution in [0.4, 0.5) is 5.13 Å². The fourth-order valence-corrected chi connectivity index (χ4v) is 2.92. The molecule has 0 saturated heterocycles. The number of carbonyl (C=O) groups is 1. The quantitative estimate of drug-likeness (QED) is 0.819. The number of carbonyl (C=O) groups excluding carboxylic acids is 1. The molecule has 0 radical (unpaired) electrons. The summed E-state index contributed by atoms with van der Waals surface area (Å²) in [6.45, 7) is 6.02. The first-order chi connectivity index (χ1) is 8.75. The van der Waals surface area contributed by atoms with Crippen molar-refractivity contribution in [2.75, 3.05) is 39.6 Å². The Morgan fingerprint density at radius 2 is 2.16 bits per heavy atom. The molecule has 5 nitrogen and oxygen atoms in total. The number of anilines is 1. The first-order valence-electron chi connectivity index (χ1n) is 5.88. The number of nitrogens with zero attached hydrogens (tertiary/aromatic N) is 2. The number of thiazole rings is 1. The summed E-state index contributed by atoms with van der Waals surface area (Å²) in [6, 6.07) is 0. The molecule has 0 amide bonds. The second-order valence-corrected chi connectivity index (χ2v) is 6.74. The smallest absolute Gasteiger partial charge is 0.351 e. The SMILES string of the molecule is COC(=O)c1sc(NCC(C)(C)CN(C)C)nc1Cl. The number of rotatable bonds is 6. The first kappa shape index (κ1) is 16.2. The maximum absolute atomic E-state index is 11.4. The Hall–Kier alpha value is -0.850. The lowest BCUT2D eigenvalue weighted by atomic mass is 9.93. The number of ether oxygens (including phenoxy) is 1. The molecule has 108 valence electrons. The van der Waals surface area contributed by atoms with E-state index in [4.69, 9.17) is 11.6 Å². The zero-order valence-electron chi connectivity index (χ0n) is 11.9. The highest BCUT2D eigenvalue weighted by atomic mass is 35.5. The number of hydrogen-bond donors (Lipinski definition) is 1. The topological polar surface area (TPSA) is 54.5 Å². The highest BCUT2D eigenvalue weighted by Gasteiger charge is 2.21. The van der Waals surface area contributed by atoms with Gasteiger partial charge in [-0.2, -0.15) is 0 Å². The summed E-state index contributed by atoms with van der Waals surface area (Å²) >= 11 is 7.11.